The maximum Gasteiger partial charge on any atom is 0.160 e. The van der Waals surface area contributed by atoms with E-state index < -0.39 is 0 Å². The summed E-state index contributed by atoms with van der Waals surface area (Å²) in [5.41, 5.74) is 29.1. The molecule has 0 saturated heterocycles. The van der Waals surface area contributed by atoms with Gasteiger partial charge in [-0.25, -0.2) is 0 Å². The highest BCUT2D eigenvalue weighted by atomic mass is 32.1. The molecule has 0 aliphatic carbocycles. The quantitative estimate of drug-likeness (QED) is 0.137. The van der Waals surface area contributed by atoms with E-state index >= 15 is 0 Å². The van der Waals surface area contributed by atoms with E-state index in [0.29, 0.717) is 0 Å². The molecule has 6 aromatic heterocycles. The molecule has 6 heterocycles. The predicted molar refractivity (Wildman–Crippen MR) is 567 cm³/mol. The van der Waals surface area contributed by atoms with Gasteiger partial charge in [0.15, 0.2) is 5.58 Å². The van der Waals surface area contributed by atoms with Crippen LogP contribution in [0.3, 0.4) is 0 Å². The minimum Gasteiger partial charge on any atom is -0.454 e. The van der Waals surface area contributed by atoms with E-state index in [-0.39, 0.29) is 21.7 Å². The first-order valence-electron chi connectivity index (χ1n) is 46.0. The van der Waals surface area contributed by atoms with Gasteiger partial charge in [0.2, 0.25) is 0 Å². The fraction of sp³-hybridized carbons (Fsp3) is 0.129. The van der Waals surface area contributed by atoms with E-state index in [2.05, 4.69) is 524 Å². The van der Waals surface area contributed by atoms with Crippen LogP contribution in [0, 0.1) is 0 Å². The molecule has 0 amide bonds. The molecule has 644 valence electrons. The fourth-order valence-corrected chi connectivity index (χ4v) is 20.6. The van der Waals surface area contributed by atoms with Gasteiger partial charge in [-0.05, 0) is 214 Å². The SMILES string of the molecule is CC(C)(C)c1ccc(-n2c3ccccc3c3cc(N(c4ccccc4)c4ccccc4)ccc32)cc1.CC(C)(C)c1ccc(-n2c3ccccc3c3ccc(N(c4ccccc4)c4ccccc4)cc32)cc1.CC(C)(C)c1ccc(-n2c3ccccc3c3ccc4c5ccccc5oc4c32)cc1.CC(C)(C)c1ccc(-n2c3ccccc3c3ccc4c5ccccc5sc4c32)cc1. The van der Waals surface area contributed by atoms with Crippen molar-refractivity contribution < 1.29 is 4.42 Å². The Kier molecular flexibility index (Phi) is 21.4. The number of nitrogens with zero attached hydrogens (tertiary/aromatic N) is 6. The number of aromatic nitrogens is 4. The highest BCUT2D eigenvalue weighted by Gasteiger charge is 2.26. The van der Waals surface area contributed by atoms with Crippen molar-refractivity contribution in [3.63, 3.8) is 0 Å². The lowest BCUT2D eigenvalue weighted by Gasteiger charge is -2.25. The maximum atomic E-state index is 6.41. The number of hydrogen-bond donors (Lipinski definition) is 0. The second-order valence-electron chi connectivity index (χ2n) is 38.9. The normalized spacial score (nSPS) is 12.1. The number of furan rings is 1. The molecule has 0 fully saturated rings. The number of rotatable bonds is 10. The number of hydrogen-bond acceptors (Lipinski definition) is 4. The first-order valence-corrected chi connectivity index (χ1v) is 46.8. The first kappa shape index (κ1) is 83.7. The number of thiophene rings is 1. The summed E-state index contributed by atoms with van der Waals surface area (Å²) in [7, 11) is 0. The zero-order valence-corrected chi connectivity index (χ0v) is 77.7. The van der Waals surface area contributed by atoms with Crippen LogP contribution in [0.4, 0.5) is 34.1 Å². The Balaban J connectivity index is 0.000000106. The third kappa shape index (κ3) is 15.4. The molecular weight excluding hydrogens is 1620 g/mol. The molecule has 0 radical (unpaired) electrons. The van der Waals surface area contributed by atoms with Crippen molar-refractivity contribution in [3.8, 4) is 22.7 Å². The minimum absolute atomic E-state index is 0.123. The summed E-state index contributed by atoms with van der Waals surface area (Å²) in [6.45, 7) is 27.1. The molecule has 18 aromatic carbocycles. The zero-order chi connectivity index (χ0) is 90.3. The van der Waals surface area contributed by atoms with Crippen molar-refractivity contribution in [1.82, 2.24) is 18.3 Å². The molecule has 0 aliphatic heterocycles. The number of para-hydroxylation sites is 9. The summed E-state index contributed by atoms with van der Waals surface area (Å²) in [6.07, 6.45) is 0. The van der Waals surface area contributed by atoms with Crippen LogP contribution >= 0.6 is 11.3 Å². The molecule has 0 bridgehead atoms. The second-order valence-corrected chi connectivity index (χ2v) is 39.9. The number of benzene rings is 18. The average molecular weight is 1730 g/mol. The number of fused-ring (bicyclic) bond motifs is 20. The van der Waals surface area contributed by atoms with Gasteiger partial charge < -0.3 is 32.5 Å². The van der Waals surface area contributed by atoms with Crippen LogP contribution in [-0.2, 0) is 21.7 Å². The molecule has 24 aromatic rings. The van der Waals surface area contributed by atoms with Crippen LogP contribution in [0.25, 0.3) is 152 Å². The van der Waals surface area contributed by atoms with Gasteiger partial charge in [-0.2, -0.15) is 0 Å². The maximum absolute atomic E-state index is 6.41. The van der Waals surface area contributed by atoms with Crippen molar-refractivity contribution in [2.45, 2.75) is 105 Å². The average Bonchev–Trinajstić information content (AvgIpc) is 1.57. The Morgan fingerprint density at radius 1 is 0.205 bits per heavy atom. The summed E-state index contributed by atoms with van der Waals surface area (Å²) in [5.74, 6) is 0. The van der Waals surface area contributed by atoms with E-state index in [9.17, 15) is 0 Å². The molecule has 0 atom stereocenters. The van der Waals surface area contributed by atoms with Gasteiger partial charge in [0, 0.05) is 126 Å². The zero-order valence-electron chi connectivity index (χ0n) is 76.9. The van der Waals surface area contributed by atoms with Gasteiger partial charge in [0.05, 0.1) is 48.8 Å². The Morgan fingerprint density at radius 2 is 0.500 bits per heavy atom. The van der Waals surface area contributed by atoms with Crippen molar-refractivity contribution in [3.05, 3.63) is 447 Å². The van der Waals surface area contributed by atoms with Gasteiger partial charge in [-0.1, -0.05) is 338 Å². The molecule has 7 nitrogen and oxygen atoms in total. The summed E-state index contributed by atoms with van der Waals surface area (Å²) in [5, 5.41) is 15.2. The smallest absolute Gasteiger partial charge is 0.160 e. The lowest BCUT2D eigenvalue weighted by atomic mass is 9.87. The van der Waals surface area contributed by atoms with E-state index in [1.807, 2.05) is 23.5 Å². The predicted octanol–water partition coefficient (Wildman–Crippen LogP) is 35.5. The third-order valence-corrected chi connectivity index (χ3v) is 27.4. The largest absolute Gasteiger partial charge is 0.454 e. The Labute approximate surface area is 776 Å². The molecular formula is C124H106N6OS. The molecule has 24 rings (SSSR count). The molecule has 0 unspecified atom stereocenters. The number of anilines is 6. The van der Waals surface area contributed by atoms with E-state index in [1.54, 1.807) is 0 Å². The fourth-order valence-electron chi connectivity index (χ4n) is 19.4. The van der Waals surface area contributed by atoms with Gasteiger partial charge in [0.1, 0.15) is 5.58 Å². The molecule has 132 heavy (non-hydrogen) atoms. The van der Waals surface area contributed by atoms with Gasteiger partial charge in [0.25, 0.3) is 0 Å². The summed E-state index contributed by atoms with van der Waals surface area (Å²) >= 11 is 1.90. The lowest BCUT2D eigenvalue weighted by Crippen LogP contribution is -2.11. The summed E-state index contributed by atoms with van der Waals surface area (Å²) in [6, 6.07) is 153. The summed E-state index contributed by atoms with van der Waals surface area (Å²) in [4.78, 5) is 4.65. The van der Waals surface area contributed by atoms with Crippen LogP contribution in [0.1, 0.15) is 105 Å². The molecule has 0 aliphatic rings. The highest BCUT2D eigenvalue weighted by molar-refractivity contribution is 7.26. The standard InChI is InChI=1S/2C34H30N2.C28H23NO.C28H23NS/c1-34(2,3)25-18-20-28(21-19-25)36-32-17-11-10-16-30(32)31-24-29(22-23-33(31)36)35(26-12-6-4-7-13-26)27-14-8-5-9-15-27;1-34(2,3)25-18-20-28(21-19-25)36-32-17-11-10-16-30(32)31-23-22-29(24-33(31)36)35(26-12-6-4-7-13-26)27-14-8-5-9-15-27;2*1-28(2,3)18-12-14-19(15-13-18)29-24-10-6-4-8-20(24)22-16-17-23-21-9-5-7-11-25(21)30-27(23)26(22)29/h2*4-24H,1-3H3;2*4-17H,1-3H3. The second kappa shape index (κ2) is 33.7. The van der Waals surface area contributed by atoms with Crippen LogP contribution in [0.15, 0.2) is 429 Å². The van der Waals surface area contributed by atoms with E-state index in [1.165, 1.54) is 141 Å². The molecule has 0 spiro atoms. The van der Waals surface area contributed by atoms with E-state index in [0.717, 1.165) is 67.3 Å². The van der Waals surface area contributed by atoms with Crippen molar-refractivity contribution in [1.29, 1.82) is 0 Å². The summed E-state index contributed by atoms with van der Waals surface area (Å²) < 4.78 is 18.7. The third-order valence-electron chi connectivity index (χ3n) is 26.2. The highest BCUT2D eigenvalue weighted by Crippen LogP contribution is 2.48. The Morgan fingerprint density at radius 3 is 0.939 bits per heavy atom. The van der Waals surface area contributed by atoms with Crippen molar-refractivity contribution in [2.24, 2.45) is 0 Å². The minimum atomic E-state index is 0.123. The van der Waals surface area contributed by atoms with E-state index in [4.69, 9.17) is 4.42 Å². The van der Waals surface area contributed by atoms with Crippen LogP contribution in [-0.4, -0.2) is 18.3 Å². The van der Waals surface area contributed by atoms with Gasteiger partial charge in [-0.3, -0.25) is 0 Å². The van der Waals surface area contributed by atoms with Gasteiger partial charge >= 0.3 is 0 Å². The lowest BCUT2D eigenvalue weighted by molar-refractivity contribution is 0.590. The molecule has 0 saturated carbocycles. The topological polar surface area (TPSA) is 39.3 Å². The van der Waals surface area contributed by atoms with Crippen LogP contribution in [0.2, 0.25) is 0 Å². The van der Waals surface area contributed by atoms with Crippen LogP contribution < -0.4 is 9.80 Å². The first-order chi connectivity index (χ1) is 64.1. The van der Waals surface area contributed by atoms with Crippen molar-refractivity contribution >= 4 is 175 Å². The Bertz CT molecular complexity index is 8050. The molecule has 8 heteroatoms. The Hall–Kier alpha value is -15.2. The molecule has 0 N–H and O–H groups in total. The van der Waals surface area contributed by atoms with Gasteiger partial charge in [-0.15, -0.1) is 11.3 Å². The van der Waals surface area contributed by atoms with Crippen molar-refractivity contribution in [2.75, 3.05) is 9.80 Å². The van der Waals surface area contributed by atoms with Crippen LogP contribution in [0.5, 0.6) is 0 Å². The monoisotopic (exact) mass is 1730 g/mol.